The molecule has 1 aromatic heterocycles. The number of nitrogens with zero attached hydrogens (tertiary/aromatic N) is 4. The average Bonchev–Trinajstić information content (AvgIpc) is 3.23. The molecule has 0 aliphatic heterocycles. The molecule has 3 rings (SSSR count). The molecule has 118 valence electrons. The van der Waals surface area contributed by atoms with Gasteiger partial charge >= 0.3 is 0 Å². The van der Waals surface area contributed by atoms with Crippen LogP contribution in [0.5, 0.6) is 0 Å². The quantitative estimate of drug-likeness (QED) is 0.846. The number of benzene rings is 1. The highest BCUT2D eigenvalue weighted by molar-refractivity contribution is 7.91. The maximum absolute atomic E-state index is 12.8. The van der Waals surface area contributed by atoms with Crippen molar-refractivity contribution in [3.63, 3.8) is 0 Å². The molecule has 1 aliphatic rings. The third-order valence-electron chi connectivity index (χ3n) is 4.12. The molecule has 0 amide bonds. The van der Waals surface area contributed by atoms with E-state index in [1.807, 2.05) is 12.1 Å². The average molecular weight is 320 g/mol. The minimum Gasteiger partial charge on any atom is -0.225 e. The van der Waals surface area contributed by atoms with Gasteiger partial charge in [-0.2, -0.15) is 0 Å². The second-order valence-electron chi connectivity index (χ2n) is 6.12. The van der Waals surface area contributed by atoms with Crippen LogP contribution >= 0.6 is 0 Å². The molecule has 1 heterocycles. The van der Waals surface area contributed by atoms with Crippen molar-refractivity contribution in [1.82, 2.24) is 20.2 Å². The van der Waals surface area contributed by atoms with Crippen LogP contribution in [-0.2, 0) is 9.84 Å². The minimum absolute atomic E-state index is 0.256. The van der Waals surface area contributed by atoms with Crippen LogP contribution in [0.2, 0.25) is 0 Å². The molecule has 1 saturated carbocycles. The first-order valence-corrected chi connectivity index (χ1v) is 9.07. The molecule has 0 radical (unpaired) electrons. The zero-order valence-corrected chi connectivity index (χ0v) is 13.8. The summed E-state index contributed by atoms with van der Waals surface area (Å²) in [7, 11) is -3.50. The second-order valence-corrected chi connectivity index (χ2v) is 8.39. The van der Waals surface area contributed by atoms with Crippen molar-refractivity contribution in [1.29, 1.82) is 0 Å². The maximum atomic E-state index is 12.8. The summed E-state index contributed by atoms with van der Waals surface area (Å²) in [6.07, 6.45) is 2.02. The number of sulfone groups is 1. The summed E-state index contributed by atoms with van der Waals surface area (Å²) in [6.45, 7) is 5.81. The van der Waals surface area contributed by atoms with Crippen molar-refractivity contribution in [2.45, 2.75) is 55.7 Å². The van der Waals surface area contributed by atoms with Crippen LogP contribution in [0.1, 0.15) is 62.2 Å². The van der Waals surface area contributed by atoms with Crippen LogP contribution in [0, 0.1) is 0 Å². The van der Waals surface area contributed by atoms with E-state index >= 15 is 0 Å². The Morgan fingerprint density at radius 2 is 1.77 bits per heavy atom. The van der Waals surface area contributed by atoms with E-state index in [0.29, 0.717) is 16.6 Å². The lowest BCUT2D eigenvalue weighted by atomic mass is 10.0. The summed E-state index contributed by atoms with van der Waals surface area (Å²) in [5, 5.41) is 10.8. The Morgan fingerprint density at radius 3 is 2.32 bits per heavy atom. The maximum Gasteiger partial charge on any atom is 0.188 e. The summed E-state index contributed by atoms with van der Waals surface area (Å²) in [4.78, 5) is 0.315. The topological polar surface area (TPSA) is 77.7 Å². The molecule has 2 aromatic rings. The van der Waals surface area contributed by atoms with Crippen LogP contribution in [-0.4, -0.2) is 28.6 Å². The summed E-state index contributed by atoms with van der Waals surface area (Å²) >= 11 is 0. The predicted octanol–water partition coefficient (Wildman–Crippen LogP) is 2.67. The Morgan fingerprint density at radius 1 is 1.14 bits per heavy atom. The van der Waals surface area contributed by atoms with Crippen LogP contribution in [0.3, 0.4) is 0 Å². The zero-order valence-electron chi connectivity index (χ0n) is 13.0. The highest BCUT2D eigenvalue weighted by atomic mass is 32.2. The van der Waals surface area contributed by atoms with E-state index in [0.717, 1.165) is 18.4 Å². The summed E-state index contributed by atoms with van der Waals surface area (Å²) < 4.78 is 27.3. The van der Waals surface area contributed by atoms with E-state index in [1.165, 1.54) is 0 Å². The first kappa shape index (κ1) is 15.1. The fraction of sp³-hybridized carbons (Fsp3) is 0.533. The fourth-order valence-corrected chi connectivity index (χ4v) is 3.79. The van der Waals surface area contributed by atoms with Crippen LogP contribution in [0.4, 0.5) is 0 Å². The van der Waals surface area contributed by atoms with Crippen LogP contribution in [0.15, 0.2) is 29.2 Å². The van der Waals surface area contributed by atoms with Gasteiger partial charge in [-0.25, -0.2) is 13.1 Å². The van der Waals surface area contributed by atoms with Gasteiger partial charge in [-0.1, -0.05) is 26.0 Å². The Kier molecular flexibility index (Phi) is 3.76. The molecule has 6 nitrogen and oxygen atoms in total. The lowest BCUT2D eigenvalue weighted by Crippen LogP contribution is -2.16. The molecule has 1 fully saturated rings. The molecular weight excluding hydrogens is 300 g/mol. The first-order valence-electron chi connectivity index (χ1n) is 7.53. The molecule has 0 N–H and O–H groups in total. The van der Waals surface area contributed by atoms with Crippen molar-refractivity contribution in [3.05, 3.63) is 35.7 Å². The Bertz CT molecular complexity index is 761. The van der Waals surface area contributed by atoms with E-state index in [2.05, 4.69) is 29.4 Å². The molecule has 0 saturated heterocycles. The van der Waals surface area contributed by atoms with Crippen molar-refractivity contribution >= 4 is 9.84 Å². The van der Waals surface area contributed by atoms with Gasteiger partial charge in [0.1, 0.15) is 5.25 Å². The van der Waals surface area contributed by atoms with E-state index < -0.39 is 15.1 Å². The van der Waals surface area contributed by atoms with Gasteiger partial charge in [0.2, 0.25) is 0 Å². The van der Waals surface area contributed by atoms with Gasteiger partial charge in [-0.05, 0) is 53.8 Å². The molecule has 1 atom stereocenters. The van der Waals surface area contributed by atoms with Gasteiger partial charge in [-0.15, -0.1) is 5.10 Å². The Hall–Kier alpha value is -1.76. The summed E-state index contributed by atoms with van der Waals surface area (Å²) in [5.41, 5.74) is 1.12. The Labute approximate surface area is 130 Å². The standard InChI is InChI=1S/C15H20N4O2S/c1-10(2)12-4-8-14(9-5-12)22(20,21)11(3)15-16-17-18-19(15)13-6-7-13/h4-5,8-11,13H,6-7H2,1-3H3. The highest BCUT2D eigenvalue weighted by Crippen LogP contribution is 2.37. The Balaban J connectivity index is 1.92. The highest BCUT2D eigenvalue weighted by Gasteiger charge is 2.34. The van der Waals surface area contributed by atoms with Gasteiger partial charge in [-0.3, -0.25) is 0 Å². The molecule has 7 heteroatoms. The molecule has 1 aromatic carbocycles. The van der Waals surface area contributed by atoms with E-state index in [9.17, 15) is 8.42 Å². The van der Waals surface area contributed by atoms with Gasteiger partial charge in [0, 0.05) is 0 Å². The monoisotopic (exact) mass is 320 g/mol. The predicted molar refractivity (Wildman–Crippen MR) is 82.2 cm³/mol. The number of hydrogen-bond donors (Lipinski definition) is 0. The number of aromatic nitrogens is 4. The number of tetrazole rings is 1. The largest absolute Gasteiger partial charge is 0.225 e. The zero-order chi connectivity index (χ0) is 15.9. The number of rotatable bonds is 5. The minimum atomic E-state index is -3.50. The molecule has 0 bridgehead atoms. The first-order chi connectivity index (χ1) is 10.4. The lowest BCUT2D eigenvalue weighted by molar-refractivity contribution is 0.556. The normalized spacial score (nSPS) is 16.9. The van der Waals surface area contributed by atoms with E-state index in [-0.39, 0.29) is 6.04 Å². The van der Waals surface area contributed by atoms with Gasteiger partial charge in [0.05, 0.1) is 10.9 Å². The molecular formula is C15H20N4O2S. The SMILES string of the molecule is CC(C)c1ccc(S(=O)(=O)C(C)c2nnnn2C2CC2)cc1. The van der Waals surface area contributed by atoms with Gasteiger partial charge < -0.3 is 0 Å². The smallest absolute Gasteiger partial charge is 0.188 e. The molecule has 22 heavy (non-hydrogen) atoms. The van der Waals surface area contributed by atoms with Gasteiger partial charge in [0.25, 0.3) is 0 Å². The lowest BCUT2D eigenvalue weighted by Gasteiger charge is -2.13. The third kappa shape index (κ3) is 2.65. The van der Waals surface area contributed by atoms with Gasteiger partial charge in [0.15, 0.2) is 15.7 Å². The number of hydrogen-bond acceptors (Lipinski definition) is 5. The molecule has 1 aliphatic carbocycles. The van der Waals surface area contributed by atoms with E-state index in [1.54, 1.807) is 23.7 Å². The third-order valence-corrected chi connectivity index (χ3v) is 6.19. The van der Waals surface area contributed by atoms with E-state index in [4.69, 9.17) is 0 Å². The fourth-order valence-electron chi connectivity index (χ4n) is 2.43. The van der Waals surface area contributed by atoms with Crippen LogP contribution in [0.25, 0.3) is 0 Å². The molecule has 1 unspecified atom stereocenters. The summed E-state index contributed by atoms with van der Waals surface area (Å²) in [6, 6.07) is 7.34. The van der Waals surface area contributed by atoms with Crippen molar-refractivity contribution in [2.75, 3.05) is 0 Å². The van der Waals surface area contributed by atoms with Crippen LogP contribution < -0.4 is 0 Å². The van der Waals surface area contributed by atoms with Crippen molar-refractivity contribution in [2.24, 2.45) is 0 Å². The van der Waals surface area contributed by atoms with Crippen molar-refractivity contribution in [3.8, 4) is 0 Å². The van der Waals surface area contributed by atoms with Crippen molar-refractivity contribution < 1.29 is 8.42 Å². The summed E-state index contributed by atoms with van der Waals surface area (Å²) in [5.74, 6) is 0.798. The molecule has 0 spiro atoms. The second kappa shape index (κ2) is 5.46.